The van der Waals surface area contributed by atoms with Crippen LogP contribution in [-0.4, -0.2) is 22.9 Å². The topological polar surface area (TPSA) is 71.4 Å². The van der Waals surface area contributed by atoms with Crippen molar-refractivity contribution in [1.82, 2.24) is 10.4 Å². The van der Waals surface area contributed by atoms with Gasteiger partial charge in [-0.3, -0.25) is 4.79 Å². The monoisotopic (exact) mass is 407 g/mol. The Kier molecular flexibility index (Phi) is 5.27. The molecule has 1 aromatic heterocycles. The van der Waals surface area contributed by atoms with Gasteiger partial charge in [-0.1, -0.05) is 28.1 Å². The molecular weight excluding hydrogens is 395 g/mol. The Morgan fingerprint density at radius 1 is 1.38 bits per heavy atom. The summed E-state index contributed by atoms with van der Waals surface area (Å²) in [6.45, 7) is 0. The average Bonchev–Trinajstić information content (AvgIpc) is 2.99. The number of hydrazone groups is 1. The Balaban J connectivity index is 1.54. The molecule has 3 rings (SSSR count). The van der Waals surface area contributed by atoms with Crippen LogP contribution in [0.1, 0.15) is 5.56 Å². The molecule has 0 spiro atoms. The molecule has 0 aliphatic heterocycles. The van der Waals surface area contributed by atoms with E-state index in [0.29, 0.717) is 5.56 Å². The molecule has 0 radical (unpaired) electrons. The number of nitrogens with zero attached hydrogens (tertiary/aromatic N) is 1. The van der Waals surface area contributed by atoms with Crippen LogP contribution in [0.25, 0.3) is 11.0 Å². The standard InChI is InChI=1S/C16H12BrFN4OS/c17-11-5-6-12(18)10(7-11)8-19-22-15(23)9-24-16-20-13-3-1-2-4-14(13)21-16/h1-8H,9H2,(H,20,21)(H,22,23)/p+1. The van der Waals surface area contributed by atoms with Gasteiger partial charge in [0.2, 0.25) is 0 Å². The van der Waals surface area contributed by atoms with Gasteiger partial charge in [-0.25, -0.2) is 19.8 Å². The average molecular weight is 408 g/mol. The summed E-state index contributed by atoms with van der Waals surface area (Å²) in [5.41, 5.74) is 4.63. The van der Waals surface area contributed by atoms with Gasteiger partial charge in [0.25, 0.3) is 5.91 Å². The van der Waals surface area contributed by atoms with Gasteiger partial charge in [-0.2, -0.15) is 5.10 Å². The van der Waals surface area contributed by atoms with Crippen LogP contribution in [0.15, 0.2) is 57.2 Å². The number of benzene rings is 2. The highest BCUT2D eigenvalue weighted by Gasteiger charge is 2.11. The van der Waals surface area contributed by atoms with Gasteiger partial charge in [-0.05, 0) is 42.1 Å². The molecule has 3 aromatic rings. The fourth-order valence-electron chi connectivity index (χ4n) is 2.01. The second kappa shape index (κ2) is 7.59. The first-order valence-electron chi connectivity index (χ1n) is 7.01. The molecular formula is C16H13BrFN4OS+. The van der Waals surface area contributed by atoms with Crippen molar-refractivity contribution in [2.75, 3.05) is 5.75 Å². The summed E-state index contributed by atoms with van der Waals surface area (Å²) in [5.74, 6) is -0.501. The lowest BCUT2D eigenvalue weighted by Gasteiger charge is -1.98. The largest absolute Gasteiger partial charge is 0.315 e. The number of imidazole rings is 1. The third-order valence-corrected chi connectivity index (χ3v) is 4.51. The zero-order valence-electron chi connectivity index (χ0n) is 12.3. The van der Waals surface area contributed by atoms with Crippen molar-refractivity contribution in [2.24, 2.45) is 5.10 Å². The van der Waals surface area contributed by atoms with Crippen LogP contribution >= 0.6 is 27.7 Å². The van der Waals surface area contributed by atoms with E-state index in [4.69, 9.17) is 0 Å². The summed E-state index contributed by atoms with van der Waals surface area (Å²) in [6, 6.07) is 12.3. The molecule has 3 N–H and O–H groups in total. The van der Waals surface area contributed by atoms with Crippen molar-refractivity contribution in [3.8, 4) is 0 Å². The number of thioether (sulfide) groups is 1. The Morgan fingerprint density at radius 3 is 3.04 bits per heavy atom. The van der Waals surface area contributed by atoms with Gasteiger partial charge >= 0.3 is 5.16 Å². The number of aromatic amines is 2. The van der Waals surface area contributed by atoms with Gasteiger partial charge in [0, 0.05) is 10.0 Å². The lowest BCUT2D eigenvalue weighted by atomic mass is 10.2. The summed E-state index contributed by atoms with van der Waals surface area (Å²) in [4.78, 5) is 18.2. The molecule has 0 aliphatic rings. The van der Waals surface area contributed by atoms with Crippen LogP contribution in [0, 0.1) is 5.82 Å². The predicted octanol–water partition coefficient (Wildman–Crippen LogP) is 3.13. The van der Waals surface area contributed by atoms with E-state index in [-0.39, 0.29) is 11.7 Å². The van der Waals surface area contributed by atoms with Crippen molar-refractivity contribution in [3.05, 3.63) is 58.3 Å². The quantitative estimate of drug-likeness (QED) is 0.387. The first-order chi connectivity index (χ1) is 11.6. The van der Waals surface area contributed by atoms with Crippen molar-refractivity contribution in [3.63, 3.8) is 0 Å². The Morgan fingerprint density at radius 2 is 2.21 bits per heavy atom. The summed E-state index contributed by atoms with van der Waals surface area (Å²) in [7, 11) is 0. The summed E-state index contributed by atoms with van der Waals surface area (Å²) >= 11 is 4.58. The number of halogens is 2. The van der Waals surface area contributed by atoms with E-state index in [9.17, 15) is 9.18 Å². The van der Waals surface area contributed by atoms with Crippen LogP contribution in [0.2, 0.25) is 0 Å². The van der Waals surface area contributed by atoms with Crippen LogP contribution in [0.5, 0.6) is 0 Å². The zero-order valence-corrected chi connectivity index (χ0v) is 14.7. The molecule has 0 fully saturated rings. The maximum atomic E-state index is 13.5. The van der Waals surface area contributed by atoms with Crippen LogP contribution in [0.3, 0.4) is 0 Å². The number of hydrogen-bond donors (Lipinski definition) is 2. The molecule has 5 nitrogen and oxygen atoms in total. The van der Waals surface area contributed by atoms with E-state index in [0.717, 1.165) is 20.7 Å². The molecule has 0 aliphatic carbocycles. The third-order valence-electron chi connectivity index (χ3n) is 3.12. The maximum absolute atomic E-state index is 13.5. The number of fused-ring (bicyclic) bond motifs is 1. The second-order valence-electron chi connectivity index (χ2n) is 4.87. The number of aromatic nitrogens is 2. The van der Waals surface area contributed by atoms with Gasteiger partial charge in [0.1, 0.15) is 5.82 Å². The highest BCUT2D eigenvalue weighted by Crippen LogP contribution is 2.15. The van der Waals surface area contributed by atoms with E-state index in [1.165, 1.54) is 24.0 Å². The van der Waals surface area contributed by atoms with Gasteiger partial charge in [-0.15, -0.1) is 0 Å². The smallest absolute Gasteiger partial charge is 0.272 e. The molecule has 8 heteroatoms. The second-order valence-corrected chi connectivity index (χ2v) is 6.77. The number of amides is 1. The van der Waals surface area contributed by atoms with Crippen LogP contribution < -0.4 is 10.4 Å². The van der Waals surface area contributed by atoms with Gasteiger partial charge in [0.15, 0.2) is 11.0 Å². The molecule has 0 atom stereocenters. The fourth-order valence-corrected chi connectivity index (χ4v) is 3.09. The van der Waals surface area contributed by atoms with Crippen molar-refractivity contribution in [2.45, 2.75) is 5.16 Å². The Bertz CT molecular complexity index is 879. The third kappa shape index (κ3) is 4.21. The number of H-pyrrole nitrogens is 2. The minimum absolute atomic E-state index is 0.182. The maximum Gasteiger partial charge on any atom is 0.315 e. The van der Waals surface area contributed by atoms with Crippen LogP contribution in [0.4, 0.5) is 4.39 Å². The SMILES string of the molecule is O=C(CSc1[nH]c2ccccc2[nH+]1)NN=Cc1cc(Br)ccc1F. The molecule has 1 amide bonds. The molecule has 0 saturated carbocycles. The first kappa shape index (κ1) is 16.7. The number of rotatable bonds is 5. The summed E-state index contributed by atoms with van der Waals surface area (Å²) in [6.07, 6.45) is 1.28. The molecule has 2 aromatic carbocycles. The molecule has 122 valence electrons. The van der Waals surface area contributed by atoms with E-state index in [1.807, 2.05) is 24.3 Å². The first-order valence-corrected chi connectivity index (χ1v) is 8.79. The lowest BCUT2D eigenvalue weighted by molar-refractivity contribution is -0.396. The van der Waals surface area contributed by atoms with E-state index >= 15 is 0 Å². The minimum atomic E-state index is -0.404. The van der Waals surface area contributed by atoms with E-state index < -0.39 is 5.82 Å². The predicted molar refractivity (Wildman–Crippen MR) is 95.4 cm³/mol. The number of para-hydroxylation sites is 2. The zero-order chi connectivity index (χ0) is 16.9. The molecule has 1 heterocycles. The van der Waals surface area contributed by atoms with E-state index in [1.54, 1.807) is 12.1 Å². The van der Waals surface area contributed by atoms with Gasteiger partial charge in [0.05, 0.1) is 12.0 Å². The molecule has 0 unspecified atom stereocenters. The summed E-state index contributed by atoms with van der Waals surface area (Å²) < 4.78 is 14.3. The molecule has 0 saturated heterocycles. The number of carbonyl (C=O) groups excluding carboxylic acids is 1. The Labute approximate surface area is 149 Å². The van der Waals surface area contributed by atoms with E-state index in [2.05, 4.69) is 36.4 Å². The minimum Gasteiger partial charge on any atom is -0.272 e. The fraction of sp³-hybridized carbons (Fsp3) is 0.0625. The normalized spacial score (nSPS) is 11.2. The van der Waals surface area contributed by atoms with Crippen molar-refractivity contribution in [1.29, 1.82) is 0 Å². The number of carbonyl (C=O) groups is 1. The number of hydrogen-bond acceptors (Lipinski definition) is 3. The Hall–Kier alpha value is -2.19. The highest BCUT2D eigenvalue weighted by molar-refractivity contribution is 9.10. The lowest BCUT2D eigenvalue weighted by Crippen LogP contribution is -2.20. The van der Waals surface area contributed by atoms with Crippen molar-refractivity contribution < 1.29 is 14.2 Å². The highest BCUT2D eigenvalue weighted by atomic mass is 79.9. The molecule has 24 heavy (non-hydrogen) atoms. The van der Waals surface area contributed by atoms with Gasteiger partial charge < -0.3 is 0 Å². The molecule has 0 bridgehead atoms. The number of nitrogens with one attached hydrogen (secondary N) is 3. The van der Waals surface area contributed by atoms with Crippen molar-refractivity contribution >= 4 is 50.8 Å². The summed E-state index contributed by atoms with van der Waals surface area (Å²) in [5, 5.41) is 4.56. The van der Waals surface area contributed by atoms with Crippen LogP contribution in [-0.2, 0) is 4.79 Å².